The highest BCUT2D eigenvalue weighted by atomic mass is 32.1. The second-order valence-electron chi connectivity index (χ2n) is 5.32. The first kappa shape index (κ1) is 14.7. The van der Waals surface area contributed by atoms with Crippen LogP contribution in [-0.2, 0) is 13.1 Å². The Bertz CT molecular complexity index is 492. The van der Waals surface area contributed by atoms with E-state index in [2.05, 4.69) is 67.3 Å². The van der Waals surface area contributed by atoms with Gasteiger partial charge in [0.25, 0.3) is 0 Å². The maximum absolute atomic E-state index is 5.62. The normalized spacial score (nSPS) is 10.6. The minimum absolute atomic E-state index is 0.387. The molecule has 0 spiro atoms. The van der Waals surface area contributed by atoms with E-state index in [1.54, 1.807) is 0 Å². The van der Waals surface area contributed by atoms with E-state index in [0.29, 0.717) is 5.92 Å². The van der Waals surface area contributed by atoms with Crippen LogP contribution in [0.3, 0.4) is 0 Å². The molecule has 0 aliphatic heterocycles. The van der Waals surface area contributed by atoms with E-state index in [9.17, 15) is 0 Å². The molecule has 0 radical (unpaired) electrons. The van der Waals surface area contributed by atoms with Gasteiger partial charge in [-0.15, -0.1) is 0 Å². The van der Waals surface area contributed by atoms with Gasteiger partial charge in [0.1, 0.15) is 0 Å². The lowest BCUT2D eigenvalue weighted by atomic mass is 10.1. The van der Waals surface area contributed by atoms with E-state index in [1.807, 2.05) is 12.1 Å². The Kier molecular flexibility index (Phi) is 5.31. The number of nitrogens with zero attached hydrogens (tertiary/aromatic N) is 1. The number of benzene rings is 2. The molecule has 2 rings (SSSR count). The van der Waals surface area contributed by atoms with Gasteiger partial charge in [-0.2, -0.15) is 0 Å². The number of hydrogen-bond acceptors (Lipinski definition) is 1. The van der Waals surface area contributed by atoms with Gasteiger partial charge in [0.15, 0.2) is 0 Å². The topological polar surface area (TPSA) is 3.24 Å². The smallest absolute Gasteiger partial charge is 0.0811 e. The molecule has 0 saturated heterocycles. The molecule has 0 fully saturated rings. The van der Waals surface area contributed by atoms with Crippen molar-refractivity contribution in [1.82, 2.24) is 4.90 Å². The Balaban J connectivity index is 2.15. The van der Waals surface area contributed by atoms with Crippen LogP contribution in [0, 0.1) is 5.92 Å². The maximum atomic E-state index is 5.62. The molecule has 0 saturated carbocycles. The molecule has 0 N–H and O–H groups in total. The third kappa shape index (κ3) is 4.17. The van der Waals surface area contributed by atoms with Crippen molar-refractivity contribution in [1.29, 1.82) is 0 Å². The average molecular weight is 283 g/mol. The predicted octanol–water partition coefficient (Wildman–Crippen LogP) is 4.67. The third-order valence-electron chi connectivity index (χ3n) is 3.24. The summed E-state index contributed by atoms with van der Waals surface area (Å²) in [6.07, 6.45) is 0. The summed E-state index contributed by atoms with van der Waals surface area (Å²) in [5, 5.41) is 0. The minimum atomic E-state index is 0.387. The molecular weight excluding hydrogens is 262 g/mol. The van der Waals surface area contributed by atoms with Crippen LogP contribution < -0.4 is 0 Å². The summed E-state index contributed by atoms with van der Waals surface area (Å²) in [5.74, 6) is 0.387. The van der Waals surface area contributed by atoms with Crippen LogP contribution in [0.5, 0.6) is 0 Å². The Morgan fingerprint density at radius 3 is 1.60 bits per heavy atom. The lowest BCUT2D eigenvalue weighted by molar-refractivity contribution is 0.396. The Hall–Kier alpha value is -1.67. The zero-order chi connectivity index (χ0) is 14.4. The fraction of sp³-hybridized carbons (Fsp3) is 0.278. The molecule has 2 aromatic carbocycles. The van der Waals surface area contributed by atoms with Crippen LogP contribution in [0.15, 0.2) is 60.7 Å². The Morgan fingerprint density at radius 1 is 0.850 bits per heavy atom. The molecule has 2 heteroatoms. The van der Waals surface area contributed by atoms with Crippen molar-refractivity contribution < 1.29 is 0 Å². The van der Waals surface area contributed by atoms with Crippen molar-refractivity contribution in [2.24, 2.45) is 5.92 Å². The van der Waals surface area contributed by atoms with Gasteiger partial charge in [0.2, 0.25) is 0 Å². The fourth-order valence-corrected chi connectivity index (χ4v) is 2.31. The molecular formula is C18H21NS. The summed E-state index contributed by atoms with van der Waals surface area (Å²) in [4.78, 5) is 3.32. The Morgan fingerprint density at radius 2 is 1.25 bits per heavy atom. The highest BCUT2D eigenvalue weighted by molar-refractivity contribution is 7.80. The van der Waals surface area contributed by atoms with Crippen LogP contribution in [0.1, 0.15) is 25.0 Å². The van der Waals surface area contributed by atoms with Gasteiger partial charge in [-0.3, -0.25) is 0 Å². The van der Waals surface area contributed by atoms with Crippen LogP contribution in [0.2, 0.25) is 0 Å². The van der Waals surface area contributed by atoms with Crippen molar-refractivity contribution in [2.45, 2.75) is 26.9 Å². The van der Waals surface area contributed by atoms with Gasteiger partial charge >= 0.3 is 0 Å². The quantitative estimate of drug-likeness (QED) is 0.733. The van der Waals surface area contributed by atoms with Crippen LogP contribution in [0.4, 0.5) is 0 Å². The van der Waals surface area contributed by atoms with E-state index in [4.69, 9.17) is 12.2 Å². The van der Waals surface area contributed by atoms with Crippen LogP contribution in [-0.4, -0.2) is 9.89 Å². The highest BCUT2D eigenvalue weighted by Crippen LogP contribution is 2.14. The Labute approximate surface area is 127 Å². The lowest BCUT2D eigenvalue weighted by Crippen LogP contribution is -2.31. The number of rotatable bonds is 5. The molecule has 0 atom stereocenters. The predicted molar refractivity (Wildman–Crippen MR) is 89.6 cm³/mol. The molecule has 0 bridgehead atoms. The SMILES string of the molecule is CC(C)C(=S)N(Cc1ccccc1)Cc1ccccc1. The highest BCUT2D eigenvalue weighted by Gasteiger charge is 2.13. The van der Waals surface area contributed by atoms with Crippen molar-refractivity contribution in [3.8, 4) is 0 Å². The molecule has 1 nitrogen and oxygen atoms in total. The molecule has 20 heavy (non-hydrogen) atoms. The fourth-order valence-electron chi connectivity index (χ4n) is 2.18. The largest absolute Gasteiger partial charge is 0.357 e. The van der Waals surface area contributed by atoms with E-state index in [-0.39, 0.29) is 0 Å². The number of thiocarbonyl (C=S) groups is 1. The van der Waals surface area contributed by atoms with Crippen molar-refractivity contribution in [3.05, 3.63) is 71.8 Å². The van der Waals surface area contributed by atoms with Crippen molar-refractivity contribution >= 4 is 17.2 Å². The van der Waals surface area contributed by atoms with E-state index < -0.39 is 0 Å². The minimum Gasteiger partial charge on any atom is -0.357 e. The molecule has 0 unspecified atom stereocenters. The summed E-state index contributed by atoms with van der Waals surface area (Å²) in [7, 11) is 0. The van der Waals surface area contributed by atoms with Gasteiger partial charge in [0, 0.05) is 19.0 Å². The maximum Gasteiger partial charge on any atom is 0.0811 e. The summed E-state index contributed by atoms with van der Waals surface area (Å²) >= 11 is 5.62. The summed E-state index contributed by atoms with van der Waals surface area (Å²) < 4.78 is 0. The number of hydrogen-bond donors (Lipinski definition) is 0. The standard InChI is InChI=1S/C18H21NS/c1-15(2)18(20)19(13-16-9-5-3-6-10-16)14-17-11-7-4-8-12-17/h3-12,15H,13-14H2,1-2H3. The van der Waals surface area contributed by atoms with E-state index >= 15 is 0 Å². The van der Waals surface area contributed by atoms with Crippen molar-refractivity contribution in [3.63, 3.8) is 0 Å². The first-order chi connectivity index (χ1) is 9.66. The van der Waals surface area contributed by atoms with Crippen LogP contribution in [0.25, 0.3) is 0 Å². The van der Waals surface area contributed by atoms with E-state index in [0.717, 1.165) is 18.1 Å². The molecule has 0 heterocycles. The zero-order valence-electron chi connectivity index (χ0n) is 12.1. The summed E-state index contributed by atoms with van der Waals surface area (Å²) in [6.45, 7) is 6.05. The van der Waals surface area contributed by atoms with Crippen LogP contribution >= 0.6 is 12.2 Å². The summed E-state index contributed by atoms with van der Waals surface area (Å²) in [6, 6.07) is 21.0. The van der Waals surface area contributed by atoms with Gasteiger partial charge in [-0.25, -0.2) is 0 Å². The first-order valence-electron chi connectivity index (χ1n) is 7.03. The third-order valence-corrected chi connectivity index (χ3v) is 3.97. The molecule has 0 aliphatic carbocycles. The van der Waals surface area contributed by atoms with Gasteiger partial charge < -0.3 is 4.90 Å². The molecule has 2 aromatic rings. The second-order valence-corrected chi connectivity index (χ2v) is 5.74. The van der Waals surface area contributed by atoms with Gasteiger partial charge in [-0.1, -0.05) is 86.7 Å². The molecule has 104 valence electrons. The summed E-state index contributed by atoms with van der Waals surface area (Å²) in [5.41, 5.74) is 2.60. The first-order valence-corrected chi connectivity index (χ1v) is 7.44. The lowest BCUT2D eigenvalue weighted by Gasteiger charge is -2.27. The van der Waals surface area contributed by atoms with Gasteiger partial charge in [-0.05, 0) is 11.1 Å². The average Bonchev–Trinajstić information content (AvgIpc) is 2.48. The zero-order valence-corrected chi connectivity index (χ0v) is 12.9. The molecule has 0 aromatic heterocycles. The monoisotopic (exact) mass is 283 g/mol. The molecule has 0 amide bonds. The van der Waals surface area contributed by atoms with E-state index in [1.165, 1.54) is 11.1 Å². The van der Waals surface area contributed by atoms with Gasteiger partial charge in [0.05, 0.1) is 4.99 Å². The second kappa shape index (κ2) is 7.20. The van der Waals surface area contributed by atoms with Crippen molar-refractivity contribution in [2.75, 3.05) is 0 Å². The molecule has 0 aliphatic rings.